The third kappa shape index (κ3) is 18.2. The first-order chi connectivity index (χ1) is 48.3. The third-order valence-corrected chi connectivity index (χ3v) is 13.3. The molecule has 91 heavy (non-hydrogen) atoms. The van der Waals surface area contributed by atoms with Gasteiger partial charge >= 0.3 is 0 Å². The van der Waals surface area contributed by atoms with Gasteiger partial charge < -0.3 is 23.7 Å². The number of imidazole rings is 3. The van der Waals surface area contributed by atoms with Gasteiger partial charge in [0, 0.05) is 152 Å². The van der Waals surface area contributed by atoms with E-state index in [-0.39, 0.29) is 106 Å². The topological polar surface area (TPSA) is 79.2 Å². The van der Waals surface area contributed by atoms with Crippen LogP contribution in [-0.2, 0) is 108 Å². The van der Waals surface area contributed by atoms with Crippen LogP contribution in [0.5, 0.6) is 0 Å². The Hall–Kier alpha value is -7.84. The maximum atomic E-state index is 7.70. The van der Waals surface area contributed by atoms with Gasteiger partial charge in [0.1, 0.15) is 0 Å². The number of pyridine rings is 2. The van der Waals surface area contributed by atoms with Crippen molar-refractivity contribution < 1.29 is 121 Å². The molecule has 0 saturated carbocycles. The number of aromatic nitrogens is 8. The summed E-state index contributed by atoms with van der Waals surface area (Å²) in [7, 11) is 0. The molecule has 0 aliphatic carbocycles. The number of nitrogens with zero attached hydrogens (tertiary/aromatic N) is 8. The van der Waals surface area contributed by atoms with Crippen LogP contribution in [0.3, 0.4) is 0 Å². The Morgan fingerprint density at radius 1 is 0.330 bits per heavy atom. The number of rotatable bonds is 7. The van der Waals surface area contributed by atoms with Gasteiger partial charge in [-0.3, -0.25) is 15.0 Å². The minimum absolute atomic E-state index is 0. The van der Waals surface area contributed by atoms with Gasteiger partial charge in [-0.15, -0.1) is 179 Å². The number of para-hydroxylation sites is 4. The fourth-order valence-electron chi connectivity index (χ4n) is 9.29. The molecule has 0 atom stereocenters. The molecule has 8 nitrogen and oxygen atoms in total. The molecule has 0 saturated heterocycles. The molecule has 0 bridgehead atoms. The average molecular weight is 2090 g/mol. The summed E-state index contributed by atoms with van der Waals surface area (Å²) in [6.07, 6.45) is 3.26. The van der Waals surface area contributed by atoms with E-state index in [4.69, 9.17) is 30.5 Å². The number of fused-ring (bicyclic) bond motifs is 3. The van der Waals surface area contributed by atoms with E-state index >= 15 is 0 Å². The largest absolute Gasteiger partial charge is 0.367 e. The maximum Gasteiger partial charge on any atom is 0.0777 e. The summed E-state index contributed by atoms with van der Waals surface area (Å²) in [6.45, 7) is -10.8. The fraction of sp³-hybridized carbons (Fsp3) is 0.0641. The summed E-state index contributed by atoms with van der Waals surface area (Å²) >= 11 is 0. The normalized spacial score (nSPS) is 13.2. The van der Waals surface area contributed by atoms with Gasteiger partial charge in [0.25, 0.3) is 0 Å². The van der Waals surface area contributed by atoms with E-state index in [9.17, 15) is 0 Å². The Balaban J connectivity index is 0.000000208. The maximum absolute atomic E-state index is 7.70. The van der Waals surface area contributed by atoms with Crippen molar-refractivity contribution in [2.45, 2.75) is 27.4 Å². The molecule has 0 amide bonds. The van der Waals surface area contributed by atoms with Gasteiger partial charge in [-0.25, -0.2) is 0 Å². The fourth-order valence-corrected chi connectivity index (χ4v) is 9.29. The Kier molecular flexibility index (Phi) is 20.7. The second-order valence-corrected chi connectivity index (χ2v) is 19.1. The molecule has 0 N–H and O–H groups in total. The number of hydrogen-bond donors (Lipinski definition) is 0. The summed E-state index contributed by atoms with van der Waals surface area (Å²) in [4.78, 5) is 22.1. The average Bonchev–Trinajstić information content (AvgIpc) is 1.40. The van der Waals surface area contributed by atoms with Crippen molar-refractivity contribution in [3.8, 4) is 68.1 Å². The molecule has 15 rings (SSSR count). The van der Waals surface area contributed by atoms with Crippen LogP contribution in [-0.4, -0.2) is 38.6 Å². The van der Waals surface area contributed by atoms with Crippen LogP contribution >= 0.6 is 0 Å². The molecule has 0 unspecified atom stereocenters. The molecule has 0 aliphatic rings. The number of aryl methyl sites for hydroxylation is 5. The predicted molar refractivity (Wildman–Crippen MR) is 352 cm³/mol. The van der Waals surface area contributed by atoms with E-state index in [2.05, 4.69) is 45.3 Å². The molecule has 0 aliphatic heterocycles. The SMILES string of the molecule is [2H]C([2H])([2H])c1cc[c-]c(-c2ccccn2)c1.[2H]C([2H])([2H])c1ccc2c(c1)nc(-c1[c-]cccc1)n2-c1ccccc1.[2H]C([2H])([2H])c1ccc2nc(-c3[c-]cccc3)n(-c3ccccc3)c2c1.[2H]C([2H])([2H])c1cccnc1-c1[c-]cccc1.[2H]C([2H])([2H])n1c(-c2[c-]cccc2)nc2ccccc21.[Ir].[Ir].[Ir].[Ir].[Ir]. The van der Waals surface area contributed by atoms with Crippen LogP contribution in [0.1, 0.15) is 42.8 Å². The van der Waals surface area contributed by atoms with Crippen molar-refractivity contribution in [1.29, 1.82) is 0 Å². The predicted octanol–water partition coefficient (Wildman–Crippen LogP) is 18.3. The smallest absolute Gasteiger partial charge is 0.0777 e. The van der Waals surface area contributed by atoms with E-state index in [1.807, 2.05) is 191 Å². The first-order valence-corrected chi connectivity index (χ1v) is 27.2. The van der Waals surface area contributed by atoms with Crippen molar-refractivity contribution in [1.82, 2.24) is 38.6 Å². The van der Waals surface area contributed by atoms with Crippen LogP contribution in [0, 0.1) is 57.7 Å². The molecule has 13 heteroatoms. The summed E-state index contributed by atoms with van der Waals surface area (Å²) in [5.41, 5.74) is 12.4. The summed E-state index contributed by atoms with van der Waals surface area (Å²) in [6, 6.07) is 95.8. The van der Waals surface area contributed by atoms with Crippen molar-refractivity contribution in [2.75, 3.05) is 0 Å². The Bertz CT molecular complexity index is 5190. The van der Waals surface area contributed by atoms with Crippen LogP contribution in [0.15, 0.2) is 279 Å². The molecule has 463 valence electrons. The zero-order chi connectivity index (χ0) is 71.5. The molecule has 5 aromatic heterocycles. The molecule has 0 fully saturated rings. The van der Waals surface area contributed by atoms with Crippen molar-refractivity contribution in [3.05, 3.63) is 332 Å². The van der Waals surface area contributed by atoms with E-state index in [0.29, 0.717) is 61.4 Å². The van der Waals surface area contributed by atoms with Crippen LogP contribution in [0.25, 0.3) is 101 Å². The summed E-state index contributed by atoms with van der Waals surface area (Å²) < 4.78 is 119. The molecule has 5 heterocycles. The summed E-state index contributed by atoms with van der Waals surface area (Å²) in [5, 5.41) is 0. The van der Waals surface area contributed by atoms with Crippen molar-refractivity contribution >= 4 is 33.1 Å². The van der Waals surface area contributed by atoms with Crippen LogP contribution in [0.4, 0.5) is 0 Å². The second kappa shape index (κ2) is 35.7. The zero-order valence-electron chi connectivity index (χ0n) is 62.8. The number of benzene rings is 10. The monoisotopic (exact) mass is 2090 g/mol. The molecule has 0 spiro atoms. The van der Waals surface area contributed by atoms with Gasteiger partial charge in [0.15, 0.2) is 0 Å². The van der Waals surface area contributed by atoms with Gasteiger partial charge in [-0.05, 0) is 116 Å². The van der Waals surface area contributed by atoms with Crippen LogP contribution < -0.4 is 0 Å². The standard InChI is InChI=1S/2C20H15N2.C14H11N2.2C12H10N.5Ir/c1-15-12-13-19-18(14-15)21-20(16-8-4-2-5-9-16)22(19)17-10-6-3-7-11-17;1-15-12-13-18-19(14-15)22(17-10-6-3-7-11-17)20(21-18)16-8-4-2-5-9-16;1-16-13-10-6-5-9-12(13)15-14(16)11-7-3-2-4-8-11;1-10-5-4-6-11(9-10)12-7-2-3-8-13-12;1-10-6-5-9-13-12(10)11-7-3-2-4-8-11;;;;;/h2*2-8,10-14H,1H3;2-7,9-10H,1H3;2-5,7-9H,1H3;2-7,9H,1H3;;;;;/q5*-1;;;;;/i5*1D3;;;;;. The Morgan fingerprint density at radius 2 is 0.824 bits per heavy atom. The molecule has 15 aromatic rings. The summed E-state index contributed by atoms with van der Waals surface area (Å²) in [5.74, 6) is 1.90. The van der Waals surface area contributed by atoms with E-state index in [1.165, 1.54) is 4.57 Å². The quantitative estimate of drug-likeness (QED) is 0.149. The molecule has 10 aromatic carbocycles. The van der Waals surface area contributed by atoms with Crippen molar-refractivity contribution in [3.63, 3.8) is 0 Å². The van der Waals surface area contributed by atoms with Gasteiger partial charge in [0.05, 0.1) is 50.6 Å². The van der Waals surface area contributed by atoms with Crippen molar-refractivity contribution in [2.24, 2.45) is 6.98 Å². The van der Waals surface area contributed by atoms with Gasteiger partial charge in [-0.1, -0.05) is 91.3 Å². The zero-order valence-corrected chi connectivity index (χ0v) is 59.8. The van der Waals surface area contributed by atoms with Crippen LogP contribution in [0.2, 0.25) is 0 Å². The second-order valence-electron chi connectivity index (χ2n) is 19.1. The van der Waals surface area contributed by atoms with E-state index < -0.39 is 34.4 Å². The van der Waals surface area contributed by atoms with Gasteiger partial charge in [0.2, 0.25) is 0 Å². The number of hydrogen-bond acceptors (Lipinski definition) is 5. The first-order valence-electron chi connectivity index (χ1n) is 34.7. The van der Waals surface area contributed by atoms with Gasteiger partial charge in [-0.2, -0.15) is 0 Å². The van der Waals surface area contributed by atoms with E-state index in [0.717, 1.165) is 56.4 Å². The van der Waals surface area contributed by atoms with E-state index in [1.54, 1.807) is 97.3 Å². The molecule has 5 radical (unpaired) electrons. The third-order valence-electron chi connectivity index (χ3n) is 13.3. The molecular formula is C78H61Ir5N8-5. The first kappa shape index (κ1) is 52.7. The Labute approximate surface area is 622 Å². The minimum Gasteiger partial charge on any atom is -0.367 e. The minimum atomic E-state index is -2.27. The Morgan fingerprint density at radius 3 is 1.41 bits per heavy atom. The molecular weight excluding hydrogens is 2010 g/mol.